The minimum atomic E-state index is 0.0801. The molecule has 0 aliphatic rings. The SMILES string of the molecule is CC[C@@H](C)NCNC(C)N. The lowest BCUT2D eigenvalue weighted by molar-refractivity contribution is 0.458. The van der Waals surface area contributed by atoms with Crippen molar-refractivity contribution in [1.82, 2.24) is 10.6 Å². The summed E-state index contributed by atoms with van der Waals surface area (Å²) in [5.74, 6) is 0. The van der Waals surface area contributed by atoms with Crippen molar-refractivity contribution in [3.05, 3.63) is 0 Å². The zero-order chi connectivity index (χ0) is 7.98. The molecule has 0 aliphatic heterocycles. The Morgan fingerprint density at radius 3 is 2.30 bits per heavy atom. The van der Waals surface area contributed by atoms with Gasteiger partial charge in [-0.1, -0.05) is 6.92 Å². The molecule has 0 saturated heterocycles. The maximum absolute atomic E-state index is 5.47. The molecule has 0 rings (SSSR count). The van der Waals surface area contributed by atoms with Gasteiger partial charge in [-0.15, -0.1) is 0 Å². The van der Waals surface area contributed by atoms with E-state index in [2.05, 4.69) is 24.5 Å². The van der Waals surface area contributed by atoms with Gasteiger partial charge in [0.25, 0.3) is 0 Å². The molecule has 0 fully saturated rings. The molecule has 0 aromatic carbocycles. The monoisotopic (exact) mass is 145 g/mol. The van der Waals surface area contributed by atoms with Gasteiger partial charge >= 0.3 is 0 Å². The van der Waals surface area contributed by atoms with Crippen molar-refractivity contribution >= 4 is 0 Å². The van der Waals surface area contributed by atoms with Crippen molar-refractivity contribution < 1.29 is 0 Å². The molecule has 0 bridgehead atoms. The fourth-order valence-electron chi connectivity index (χ4n) is 0.538. The largest absolute Gasteiger partial charge is 0.316 e. The Hall–Kier alpha value is -0.120. The number of hydrogen-bond acceptors (Lipinski definition) is 3. The summed E-state index contributed by atoms with van der Waals surface area (Å²) in [4.78, 5) is 0. The Morgan fingerprint density at radius 1 is 1.30 bits per heavy atom. The quantitative estimate of drug-likeness (QED) is 0.485. The molecule has 0 aromatic rings. The van der Waals surface area contributed by atoms with Crippen LogP contribution in [0.25, 0.3) is 0 Å². The average Bonchev–Trinajstić information content (AvgIpc) is 1.87. The van der Waals surface area contributed by atoms with Crippen LogP contribution in [0, 0.1) is 0 Å². The second kappa shape index (κ2) is 5.65. The van der Waals surface area contributed by atoms with E-state index in [0.29, 0.717) is 6.04 Å². The van der Waals surface area contributed by atoms with Crippen LogP contribution in [0.1, 0.15) is 27.2 Å². The Morgan fingerprint density at radius 2 is 1.90 bits per heavy atom. The van der Waals surface area contributed by atoms with Gasteiger partial charge in [0.05, 0.1) is 6.17 Å². The van der Waals surface area contributed by atoms with E-state index in [1.165, 1.54) is 0 Å². The van der Waals surface area contributed by atoms with E-state index < -0.39 is 0 Å². The van der Waals surface area contributed by atoms with Gasteiger partial charge in [-0.2, -0.15) is 0 Å². The molecule has 1 unspecified atom stereocenters. The van der Waals surface area contributed by atoms with Crippen LogP contribution >= 0.6 is 0 Å². The van der Waals surface area contributed by atoms with Gasteiger partial charge in [0.15, 0.2) is 0 Å². The molecule has 0 heterocycles. The Bertz CT molecular complexity index is 73.3. The Kier molecular flexibility index (Phi) is 5.58. The maximum Gasteiger partial charge on any atom is 0.0527 e. The summed E-state index contributed by atoms with van der Waals surface area (Å²) in [6.45, 7) is 7.04. The van der Waals surface area contributed by atoms with Crippen molar-refractivity contribution in [2.45, 2.75) is 39.4 Å². The molecular weight excluding hydrogens is 126 g/mol. The van der Waals surface area contributed by atoms with Gasteiger partial charge in [-0.05, 0) is 20.3 Å². The summed E-state index contributed by atoms with van der Waals surface area (Å²) in [5.41, 5.74) is 5.47. The van der Waals surface area contributed by atoms with Crippen LogP contribution in [0.2, 0.25) is 0 Å². The number of nitrogens with two attached hydrogens (primary N) is 1. The van der Waals surface area contributed by atoms with E-state index >= 15 is 0 Å². The highest BCUT2D eigenvalue weighted by molar-refractivity contribution is 4.57. The molecule has 3 nitrogen and oxygen atoms in total. The summed E-state index contributed by atoms with van der Waals surface area (Å²) < 4.78 is 0. The first-order valence-corrected chi connectivity index (χ1v) is 3.89. The van der Waals surface area contributed by atoms with Crippen molar-refractivity contribution in [2.24, 2.45) is 5.73 Å². The normalized spacial score (nSPS) is 16.8. The lowest BCUT2D eigenvalue weighted by Gasteiger charge is -2.13. The second-order valence-corrected chi connectivity index (χ2v) is 2.68. The fraction of sp³-hybridized carbons (Fsp3) is 1.00. The highest BCUT2D eigenvalue weighted by atomic mass is 15.1. The third-order valence-corrected chi connectivity index (χ3v) is 1.49. The van der Waals surface area contributed by atoms with E-state index in [1.807, 2.05) is 6.92 Å². The van der Waals surface area contributed by atoms with Crippen LogP contribution in [0.4, 0.5) is 0 Å². The van der Waals surface area contributed by atoms with Crippen molar-refractivity contribution in [3.8, 4) is 0 Å². The van der Waals surface area contributed by atoms with Gasteiger partial charge in [-0.25, -0.2) is 0 Å². The summed E-state index contributed by atoms with van der Waals surface area (Å²) in [6.07, 6.45) is 1.23. The first-order valence-electron chi connectivity index (χ1n) is 3.89. The van der Waals surface area contributed by atoms with Crippen LogP contribution in [0.5, 0.6) is 0 Å². The topological polar surface area (TPSA) is 50.1 Å². The fourth-order valence-corrected chi connectivity index (χ4v) is 0.538. The van der Waals surface area contributed by atoms with E-state index in [1.54, 1.807) is 0 Å². The van der Waals surface area contributed by atoms with Crippen LogP contribution in [0.3, 0.4) is 0 Å². The molecule has 0 aliphatic carbocycles. The highest BCUT2D eigenvalue weighted by Gasteiger charge is 1.95. The number of nitrogens with one attached hydrogen (secondary N) is 2. The third-order valence-electron chi connectivity index (χ3n) is 1.49. The maximum atomic E-state index is 5.47. The van der Waals surface area contributed by atoms with Gasteiger partial charge in [0.2, 0.25) is 0 Å². The first-order chi connectivity index (χ1) is 4.66. The Balaban J connectivity index is 3.03. The lowest BCUT2D eigenvalue weighted by atomic mass is 10.3. The van der Waals surface area contributed by atoms with Crippen LogP contribution in [-0.4, -0.2) is 18.9 Å². The third kappa shape index (κ3) is 6.01. The molecule has 2 atom stereocenters. The first kappa shape index (κ1) is 9.88. The summed E-state index contributed by atoms with van der Waals surface area (Å²) >= 11 is 0. The van der Waals surface area contributed by atoms with Crippen molar-refractivity contribution in [1.29, 1.82) is 0 Å². The van der Waals surface area contributed by atoms with Crippen LogP contribution < -0.4 is 16.4 Å². The Labute approximate surface area is 63.4 Å². The molecule has 4 N–H and O–H groups in total. The van der Waals surface area contributed by atoms with Gasteiger partial charge in [0.1, 0.15) is 0 Å². The van der Waals surface area contributed by atoms with Gasteiger partial charge in [0, 0.05) is 12.7 Å². The number of hydrogen-bond donors (Lipinski definition) is 3. The predicted molar refractivity (Wildman–Crippen MR) is 44.5 cm³/mol. The molecule has 0 saturated carbocycles. The number of rotatable bonds is 5. The van der Waals surface area contributed by atoms with Crippen molar-refractivity contribution in [2.75, 3.05) is 6.67 Å². The van der Waals surface area contributed by atoms with Gasteiger partial charge < -0.3 is 11.1 Å². The zero-order valence-electron chi connectivity index (χ0n) is 7.15. The minimum absolute atomic E-state index is 0.0801. The predicted octanol–water partition coefficient (Wildman–Crippen LogP) is 0.226. The second-order valence-electron chi connectivity index (χ2n) is 2.68. The summed E-state index contributed by atoms with van der Waals surface area (Å²) in [6, 6.07) is 0.575. The van der Waals surface area contributed by atoms with Crippen LogP contribution in [0.15, 0.2) is 0 Å². The van der Waals surface area contributed by atoms with Gasteiger partial charge in [-0.3, -0.25) is 5.32 Å². The molecule has 0 amide bonds. The highest BCUT2D eigenvalue weighted by Crippen LogP contribution is 1.84. The van der Waals surface area contributed by atoms with Crippen LogP contribution in [-0.2, 0) is 0 Å². The van der Waals surface area contributed by atoms with E-state index in [0.717, 1.165) is 13.1 Å². The summed E-state index contributed by atoms with van der Waals surface area (Å²) in [7, 11) is 0. The zero-order valence-corrected chi connectivity index (χ0v) is 7.15. The van der Waals surface area contributed by atoms with E-state index in [-0.39, 0.29) is 6.17 Å². The molecule has 0 radical (unpaired) electrons. The molecule has 62 valence electrons. The molecular formula is C7H19N3. The van der Waals surface area contributed by atoms with E-state index in [4.69, 9.17) is 5.73 Å². The molecule has 10 heavy (non-hydrogen) atoms. The lowest BCUT2D eigenvalue weighted by Crippen LogP contribution is -2.43. The minimum Gasteiger partial charge on any atom is -0.316 e. The average molecular weight is 145 g/mol. The molecule has 0 spiro atoms. The standard InChI is InChI=1S/C7H19N3/c1-4-6(2)9-5-10-7(3)8/h6-7,9-10H,4-5,8H2,1-3H3/t6-,7?/m1/s1. The smallest absolute Gasteiger partial charge is 0.0527 e. The molecule has 3 heteroatoms. The molecule has 0 aromatic heterocycles. The van der Waals surface area contributed by atoms with E-state index in [9.17, 15) is 0 Å². The summed E-state index contributed by atoms with van der Waals surface area (Å²) in [5, 5.41) is 6.35. The van der Waals surface area contributed by atoms with Crippen molar-refractivity contribution in [3.63, 3.8) is 0 Å².